The molecule has 0 aromatic heterocycles. The molecule has 2 saturated heterocycles. The number of amides is 2. The van der Waals surface area contributed by atoms with Gasteiger partial charge in [-0.15, -0.1) is 0 Å². The summed E-state index contributed by atoms with van der Waals surface area (Å²) in [6.07, 6.45) is 2.34. The Morgan fingerprint density at radius 2 is 1.84 bits per heavy atom. The van der Waals surface area contributed by atoms with Gasteiger partial charge in [0.05, 0.1) is 4.92 Å². The summed E-state index contributed by atoms with van der Waals surface area (Å²) >= 11 is 0. The van der Waals surface area contributed by atoms with Crippen molar-refractivity contribution < 1.29 is 18.9 Å². The minimum Gasteiger partial charge on any atom is -0.374 e. The van der Waals surface area contributed by atoms with E-state index in [1.165, 1.54) is 30.3 Å². The normalized spacial score (nSPS) is 18.5. The number of hydrogen-bond acceptors (Lipinski definition) is 5. The van der Waals surface area contributed by atoms with Gasteiger partial charge in [-0.1, -0.05) is 12.1 Å². The molecule has 162 valence electrons. The average molecular weight is 426 g/mol. The fourth-order valence-electron chi connectivity index (χ4n) is 4.09. The summed E-state index contributed by atoms with van der Waals surface area (Å²) in [5, 5.41) is 14.5. The Balaban J connectivity index is 1.48. The number of rotatable bonds is 6. The zero-order chi connectivity index (χ0) is 22.0. The number of halogens is 1. The van der Waals surface area contributed by atoms with E-state index in [2.05, 4.69) is 5.32 Å². The average Bonchev–Trinajstić information content (AvgIpc) is 3.41. The summed E-state index contributed by atoms with van der Waals surface area (Å²) in [4.78, 5) is 39.8. The van der Waals surface area contributed by atoms with E-state index in [-0.39, 0.29) is 28.9 Å². The van der Waals surface area contributed by atoms with Crippen molar-refractivity contribution in [3.05, 3.63) is 69.5 Å². The molecule has 0 saturated carbocycles. The molecule has 9 heteroatoms. The molecule has 0 radical (unpaired) electrons. The first-order chi connectivity index (χ1) is 14.9. The van der Waals surface area contributed by atoms with Crippen molar-refractivity contribution in [3.63, 3.8) is 0 Å². The topological polar surface area (TPSA) is 95.8 Å². The van der Waals surface area contributed by atoms with E-state index in [1.54, 1.807) is 21.9 Å². The number of carbonyl (C=O) groups is 2. The second-order valence-electron chi connectivity index (χ2n) is 7.86. The standard InChI is InChI=1S/C22H23FN4O4/c23-16-5-3-15(4-6-16)14-26-12-9-19(22(26)29)24-17-7-8-20(27(30)31)18(13-17)21(28)25-10-1-2-11-25/h3-8,13,19,24H,1-2,9-12,14H2. The molecule has 31 heavy (non-hydrogen) atoms. The Kier molecular flexibility index (Phi) is 5.83. The van der Waals surface area contributed by atoms with Crippen molar-refractivity contribution in [1.82, 2.24) is 9.80 Å². The van der Waals surface area contributed by atoms with Gasteiger partial charge in [-0.25, -0.2) is 4.39 Å². The predicted octanol–water partition coefficient (Wildman–Crippen LogP) is 3.18. The van der Waals surface area contributed by atoms with Crippen LogP contribution >= 0.6 is 0 Å². The Morgan fingerprint density at radius 3 is 2.52 bits per heavy atom. The van der Waals surface area contributed by atoms with Gasteiger partial charge in [-0.3, -0.25) is 19.7 Å². The first kappa shape index (κ1) is 20.8. The summed E-state index contributed by atoms with van der Waals surface area (Å²) < 4.78 is 13.1. The number of likely N-dealkylation sites (tertiary alicyclic amines) is 2. The molecule has 1 atom stereocenters. The Labute approximate surface area is 178 Å². The molecule has 0 bridgehead atoms. The van der Waals surface area contributed by atoms with Crippen LogP contribution in [0.25, 0.3) is 0 Å². The van der Waals surface area contributed by atoms with Crippen molar-refractivity contribution >= 4 is 23.2 Å². The van der Waals surface area contributed by atoms with Crippen molar-refractivity contribution in [2.24, 2.45) is 0 Å². The van der Waals surface area contributed by atoms with Crippen molar-refractivity contribution in [3.8, 4) is 0 Å². The number of nitro benzene ring substituents is 1. The lowest BCUT2D eigenvalue weighted by Gasteiger charge is -2.19. The van der Waals surface area contributed by atoms with Gasteiger partial charge in [-0.2, -0.15) is 0 Å². The lowest BCUT2D eigenvalue weighted by Crippen LogP contribution is -2.33. The smallest absolute Gasteiger partial charge is 0.282 e. The quantitative estimate of drug-likeness (QED) is 0.565. The maximum atomic E-state index is 13.1. The van der Waals surface area contributed by atoms with Crippen LogP contribution in [0.2, 0.25) is 0 Å². The number of nitrogens with one attached hydrogen (secondary N) is 1. The van der Waals surface area contributed by atoms with E-state index in [9.17, 15) is 24.1 Å². The van der Waals surface area contributed by atoms with Gasteiger partial charge in [0.2, 0.25) is 5.91 Å². The van der Waals surface area contributed by atoms with Gasteiger partial charge in [0.25, 0.3) is 11.6 Å². The predicted molar refractivity (Wildman–Crippen MR) is 112 cm³/mol. The van der Waals surface area contributed by atoms with E-state index in [1.807, 2.05) is 0 Å². The first-order valence-corrected chi connectivity index (χ1v) is 10.3. The van der Waals surface area contributed by atoms with Gasteiger partial charge in [0.1, 0.15) is 17.4 Å². The van der Waals surface area contributed by atoms with E-state index in [0.29, 0.717) is 38.3 Å². The maximum Gasteiger partial charge on any atom is 0.282 e. The summed E-state index contributed by atoms with van der Waals surface area (Å²) in [6, 6.07) is 9.83. The van der Waals surface area contributed by atoms with Crippen LogP contribution < -0.4 is 5.32 Å². The molecule has 8 nitrogen and oxygen atoms in total. The van der Waals surface area contributed by atoms with Crippen molar-refractivity contribution in [2.75, 3.05) is 25.0 Å². The van der Waals surface area contributed by atoms with Gasteiger partial charge < -0.3 is 15.1 Å². The minimum atomic E-state index is -0.557. The lowest BCUT2D eigenvalue weighted by atomic mass is 10.1. The van der Waals surface area contributed by atoms with Crippen LogP contribution in [0.1, 0.15) is 35.2 Å². The van der Waals surface area contributed by atoms with E-state index in [4.69, 9.17) is 0 Å². The van der Waals surface area contributed by atoms with E-state index in [0.717, 1.165) is 18.4 Å². The molecule has 2 fully saturated rings. The van der Waals surface area contributed by atoms with Crippen LogP contribution in [-0.2, 0) is 11.3 Å². The SMILES string of the molecule is O=C(c1cc(NC2CCN(Cc3ccc(F)cc3)C2=O)ccc1[N+](=O)[O-])N1CCCC1. The Bertz CT molecular complexity index is 1010. The van der Waals surface area contributed by atoms with Gasteiger partial charge in [0.15, 0.2) is 0 Å². The molecule has 0 spiro atoms. The molecular formula is C22H23FN4O4. The second kappa shape index (κ2) is 8.71. The van der Waals surface area contributed by atoms with Crippen molar-refractivity contribution in [1.29, 1.82) is 0 Å². The monoisotopic (exact) mass is 426 g/mol. The zero-order valence-electron chi connectivity index (χ0n) is 16.9. The Hall–Kier alpha value is -3.49. The van der Waals surface area contributed by atoms with Crippen molar-refractivity contribution in [2.45, 2.75) is 31.8 Å². The molecule has 2 heterocycles. The number of nitro groups is 1. The molecular weight excluding hydrogens is 403 g/mol. The third kappa shape index (κ3) is 4.50. The van der Waals surface area contributed by atoms with E-state index >= 15 is 0 Å². The largest absolute Gasteiger partial charge is 0.374 e. The third-order valence-electron chi connectivity index (χ3n) is 5.74. The lowest BCUT2D eigenvalue weighted by molar-refractivity contribution is -0.385. The highest BCUT2D eigenvalue weighted by molar-refractivity contribution is 5.99. The number of nitrogens with zero attached hydrogens (tertiary/aromatic N) is 3. The number of anilines is 1. The van der Waals surface area contributed by atoms with Crippen LogP contribution in [-0.4, -0.2) is 52.2 Å². The highest BCUT2D eigenvalue weighted by atomic mass is 19.1. The number of carbonyl (C=O) groups excluding carboxylic acids is 2. The molecule has 2 aliphatic heterocycles. The van der Waals surface area contributed by atoms with Gasteiger partial charge >= 0.3 is 0 Å². The highest BCUT2D eigenvalue weighted by Gasteiger charge is 2.32. The molecule has 0 aliphatic carbocycles. The molecule has 2 aromatic carbocycles. The molecule has 2 amide bonds. The first-order valence-electron chi connectivity index (χ1n) is 10.3. The maximum absolute atomic E-state index is 13.1. The number of hydrogen-bond donors (Lipinski definition) is 1. The summed E-state index contributed by atoms with van der Waals surface area (Å²) in [5.74, 6) is -0.785. The number of benzene rings is 2. The second-order valence-corrected chi connectivity index (χ2v) is 7.86. The molecule has 1 unspecified atom stereocenters. The van der Waals surface area contributed by atoms with Crippen LogP contribution in [0.3, 0.4) is 0 Å². The summed E-state index contributed by atoms with van der Waals surface area (Å²) in [7, 11) is 0. The molecule has 2 aromatic rings. The van der Waals surface area contributed by atoms with Crippen LogP contribution in [0, 0.1) is 15.9 Å². The third-order valence-corrected chi connectivity index (χ3v) is 5.74. The van der Waals surface area contributed by atoms with Crippen LogP contribution in [0.5, 0.6) is 0 Å². The van der Waals surface area contributed by atoms with Crippen LogP contribution in [0.15, 0.2) is 42.5 Å². The molecule has 2 aliphatic rings. The fourth-order valence-corrected chi connectivity index (χ4v) is 4.09. The minimum absolute atomic E-state index is 0.0329. The van der Waals surface area contributed by atoms with Gasteiger partial charge in [0, 0.05) is 37.9 Å². The summed E-state index contributed by atoms with van der Waals surface area (Å²) in [6.45, 7) is 2.11. The highest BCUT2D eigenvalue weighted by Crippen LogP contribution is 2.27. The molecule has 1 N–H and O–H groups in total. The van der Waals surface area contributed by atoms with Crippen LogP contribution in [0.4, 0.5) is 15.8 Å². The molecule has 4 rings (SSSR count). The Morgan fingerprint density at radius 1 is 1.13 bits per heavy atom. The fraction of sp³-hybridized carbons (Fsp3) is 0.364. The van der Waals surface area contributed by atoms with Gasteiger partial charge in [-0.05, 0) is 49.1 Å². The van der Waals surface area contributed by atoms with E-state index < -0.39 is 11.0 Å². The summed E-state index contributed by atoms with van der Waals surface area (Å²) in [5.41, 5.74) is 1.13. The zero-order valence-corrected chi connectivity index (χ0v) is 16.9.